The Kier molecular flexibility index (Phi) is 3.64. The first-order valence-corrected chi connectivity index (χ1v) is 6.17. The molecular weight excluding hydrogens is 260 g/mol. The fraction of sp³-hybridized carbons (Fsp3) is 0.417. The molecule has 0 spiro atoms. The van der Waals surface area contributed by atoms with Crippen LogP contribution in [0.25, 0.3) is 0 Å². The van der Waals surface area contributed by atoms with Crippen LogP contribution in [0.5, 0.6) is 11.6 Å². The number of oxime groups is 1. The molecule has 0 aromatic carbocycles. The predicted octanol–water partition coefficient (Wildman–Crippen LogP) is 1.39. The molecule has 8 heteroatoms. The van der Waals surface area contributed by atoms with Crippen molar-refractivity contribution in [1.29, 1.82) is 0 Å². The molecule has 0 atom stereocenters. The standard InChI is InChI=1S/C12H18N6O2/c1-7(2)18-6-9(5-14-18)20-12-10(11(13)16-19)8(3)15-17(12)4/h5-7,19H,1-4H3,(H2,13,16). The van der Waals surface area contributed by atoms with Gasteiger partial charge in [0.05, 0.1) is 18.1 Å². The molecule has 0 aliphatic heterocycles. The van der Waals surface area contributed by atoms with E-state index in [0.717, 1.165) is 0 Å². The van der Waals surface area contributed by atoms with Crippen molar-refractivity contribution < 1.29 is 9.94 Å². The van der Waals surface area contributed by atoms with E-state index in [1.165, 1.54) is 4.68 Å². The zero-order chi connectivity index (χ0) is 14.9. The second-order valence-electron chi connectivity index (χ2n) is 4.73. The number of amidine groups is 1. The van der Waals surface area contributed by atoms with Crippen molar-refractivity contribution in [3.05, 3.63) is 23.7 Å². The van der Waals surface area contributed by atoms with Gasteiger partial charge < -0.3 is 15.7 Å². The summed E-state index contributed by atoms with van der Waals surface area (Å²) in [6.45, 7) is 5.80. The molecule has 0 fully saturated rings. The molecule has 0 amide bonds. The van der Waals surface area contributed by atoms with E-state index >= 15 is 0 Å². The predicted molar refractivity (Wildman–Crippen MR) is 73.1 cm³/mol. The van der Waals surface area contributed by atoms with Crippen molar-refractivity contribution in [1.82, 2.24) is 19.6 Å². The number of ether oxygens (including phenoxy) is 1. The number of aromatic nitrogens is 4. The van der Waals surface area contributed by atoms with Crippen LogP contribution in [-0.2, 0) is 7.05 Å². The summed E-state index contributed by atoms with van der Waals surface area (Å²) in [7, 11) is 1.73. The van der Waals surface area contributed by atoms with Crippen molar-refractivity contribution >= 4 is 5.84 Å². The molecule has 2 aromatic rings. The first-order chi connectivity index (χ1) is 9.43. The third-order valence-electron chi connectivity index (χ3n) is 2.85. The molecular formula is C12H18N6O2. The van der Waals surface area contributed by atoms with Crippen LogP contribution < -0.4 is 10.5 Å². The second-order valence-corrected chi connectivity index (χ2v) is 4.73. The van der Waals surface area contributed by atoms with E-state index in [2.05, 4.69) is 15.4 Å². The lowest BCUT2D eigenvalue weighted by molar-refractivity contribution is 0.318. The number of nitrogens with two attached hydrogens (primary N) is 1. The molecule has 20 heavy (non-hydrogen) atoms. The Morgan fingerprint density at radius 3 is 2.75 bits per heavy atom. The molecule has 0 radical (unpaired) electrons. The average molecular weight is 278 g/mol. The molecule has 0 bridgehead atoms. The minimum Gasteiger partial charge on any atom is -0.435 e. The Hall–Kier alpha value is -2.51. The van der Waals surface area contributed by atoms with Gasteiger partial charge in [-0.2, -0.15) is 10.2 Å². The fourth-order valence-electron chi connectivity index (χ4n) is 1.87. The van der Waals surface area contributed by atoms with Gasteiger partial charge in [-0.3, -0.25) is 4.68 Å². The summed E-state index contributed by atoms with van der Waals surface area (Å²) in [4.78, 5) is 0. The molecule has 0 saturated carbocycles. The minimum atomic E-state index is -0.0400. The first kappa shape index (κ1) is 13.9. The Bertz CT molecular complexity index is 640. The third kappa shape index (κ3) is 2.44. The molecule has 2 heterocycles. The zero-order valence-electron chi connectivity index (χ0n) is 11.9. The van der Waals surface area contributed by atoms with E-state index < -0.39 is 0 Å². The molecule has 108 valence electrons. The highest BCUT2D eigenvalue weighted by Crippen LogP contribution is 2.27. The molecule has 0 aliphatic rings. The number of nitrogens with zero attached hydrogens (tertiary/aromatic N) is 5. The van der Waals surface area contributed by atoms with Gasteiger partial charge in [-0.15, -0.1) is 0 Å². The van der Waals surface area contributed by atoms with Gasteiger partial charge in [-0.25, -0.2) is 4.68 Å². The van der Waals surface area contributed by atoms with Crippen molar-refractivity contribution in [2.24, 2.45) is 17.9 Å². The maximum Gasteiger partial charge on any atom is 0.229 e. The van der Waals surface area contributed by atoms with Crippen LogP contribution in [0.4, 0.5) is 0 Å². The Morgan fingerprint density at radius 1 is 1.50 bits per heavy atom. The second kappa shape index (κ2) is 5.24. The summed E-state index contributed by atoms with van der Waals surface area (Å²) in [6, 6.07) is 0.240. The summed E-state index contributed by atoms with van der Waals surface area (Å²) < 4.78 is 9.08. The SMILES string of the molecule is Cc1nn(C)c(Oc2cnn(C(C)C)c2)c1/C(N)=N/O. The highest BCUT2D eigenvalue weighted by molar-refractivity contribution is 6.00. The van der Waals surface area contributed by atoms with E-state index in [0.29, 0.717) is 22.9 Å². The van der Waals surface area contributed by atoms with E-state index in [-0.39, 0.29) is 11.9 Å². The smallest absolute Gasteiger partial charge is 0.229 e. The van der Waals surface area contributed by atoms with E-state index in [9.17, 15) is 0 Å². The molecule has 0 saturated heterocycles. The monoisotopic (exact) mass is 278 g/mol. The number of hydrogen-bond donors (Lipinski definition) is 2. The Balaban J connectivity index is 2.37. The lowest BCUT2D eigenvalue weighted by Crippen LogP contribution is -2.14. The normalized spacial score (nSPS) is 12.2. The summed E-state index contributed by atoms with van der Waals surface area (Å²) in [5, 5.41) is 20.3. The summed E-state index contributed by atoms with van der Waals surface area (Å²) >= 11 is 0. The molecule has 2 rings (SSSR count). The minimum absolute atomic E-state index is 0.0400. The van der Waals surface area contributed by atoms with Crippen LogP contribution in [0.2, 0.25) is 0 Å². The quantitative estimate of drug-likeness (QED) is 0.381. The summed E-state index contributed by atoms with van der Waals surface area (Å²) in [6.07, 6.45) is 3.39. The van der Waals surface area contributed by atoms with Gasteiger partial charge in [0.15, 0.2) is 11.6 Å². The number of hydrogen-bond acceptors (Lipinski definition) is 5. The van der Waals surface area contributed by atoms with Gasteiger partial charge in [0.1, 0.15) is 5.56 Å². The van der Waals surface area contributed by atoms with Crippen LogP contribution in [0.3, 0.4) is 0 Å². The summed E-state index contributed by atoms with van der Waals surface area (Å²) in [5.74, 6) is 0.927. The molecule has 2 aromatic heterocycles. The van der Waals surface area contributed by atoms with Crippen LogP contribution in [-0.4, -0.2) is 30.6 Å². The maximum absolute atomic E-state index is 8.84. The Morgan fingerprint density at radius 2 is 2.20 bits per heavy atom. The lowest BCUT2D eigenvalue weighted by Gasteiger charge is -2.06. The van der Waals surface area contributed by atoms with E-state index in [1.807, 2.05) is 13.8 Å². The van der Waals surface area contributed by atoms with E-state index in [4.69, 9.17) is 15.7 Å². The fourth-order valence-corrected chi connectivity index (χ4v) is 1.87. The van der Waals surface area contributed by atoms with Crippen LogP contribution in [0, 0.1) is 6.92 Å². The van der Waals surface area contributed by atoms with Crippen molar-refractivity contribution in [3.8, 4) is 11.6 Å². The van der Waals surface area contributed by atoms with Crippen molar-refractivity contribution in [2.45, 2.75) is 26.8 Å². The molecule has 0 aliphatic carbocycles. The molecule has 8 nitrogen and oxygen atoms in total. The number of rotatable bonds is 4. The third-order valence-corrected chi connectivity index (χ3v) is 2.85. The van der Waals surface area contributed by atoms with Gasteiger partial charge in [-0.05, 0) is 20.8 Å². The van der Waals surface area contributed by atoms with Gasteiger partial charge >= 0.3 is 0 Å². The maximum atomic E-state index is 8.84. The number of aryl methyl sites for hydroxylation is 2. The summed E-state index contributed by atoms with van der Waals surface area (Å²) in [5.41, 5.74) is 6.75. The average Bonchev–Trinajstić information content (AvgIpc) is 2.95. The van der Waals surface area contributed by atoms with E-state index in [1.54, 1.807) is 31.0 Å². The molecule has 0 unspecified atom stereocenters. The Labute approximate surface area is 116 Å². The zero-order valence-corrected chi connectivity index (χ0v) is 11.9. The molecule has 3 N–H and O–H groups in total. The van der Waals surface area contributed by atoms with Gasteiger partial charge in [0.25, 0.3) is 0 Å². The van der Waals surface area contributed by atoms with Crippen LogP contribution in [0.1, 0.15) is 31.1 Å². The van der Waals surface area contributed by atoms with Crippen LogP contribution in [0.15, 0.2) is 17.5 Å². The lowest BCUT2D eigenvalue weighted by atomic mass is 10.2. The topological polar surface area (TPSA) is 103 Å². The van der Waals surface area contributed by atoms with Gasteiger partial charge in [0.2, 0.25) is 5.88 Å². The van der Waals surface area contributed by atoms with Gasteiger partial charge in [0, 0.05) is 13.1 Å². The highest BCUT2D eigenvalue weighted by atomic mass is 16.5. The highest BCUT2D eigenvalue weighted by Gasteiger charge is 2.20. The van der Waals surface area contributed by atoms with Crippen LogP contribution >= 0.6 is 0 Å². The van der Waals surface area contributed by atoms with Gasteiger partial charge in [-0.1, -0.05) is 5.16 Å². The first-order valence-electron chi connectivity index (χ1n) is 6.17. The largest absolute Gasteiger partial charge is 0.435 e. The van der Waals surface area contributed by atoms with Crippen molar-refractivity contribution in [3.63, 3.8) is 0 Å². The van der Waals surface area contributed by atoms with Crippen molar-refractivity contribution in [2.75, 3.05) is 0 Å².